The molecule has 31 heavy (non-hydrogen) atoms. The van der Waals surface area contributed by atoms with Gasteiger partial charge in [0.25, 0.3) is 5.91 Å². The van der Waals surface area contributed by atoms with Crippen LogP contribution in [0.4, 0.5) is 4.39 Å². The highest BCUT2D eigenvalue weighted by molar-refractivity contribution is 5.95. The Morgan fingerprint density at radius 1 is 1.13 bits per heavy atom. The first-order valence-electron chi connectivity index (χ1n) is 12.4. The lowest BCUT2D eigenvalue weighted by atomic mass is 9.50. The Kier molecular flexibility index (Phi) is 4.70. The van der Waals surface area contributed by atoms with E-state index in [1.54, 1.807) is 4.90 Å². The zero-order valence-corrected chi connectivity index (χ0v) is 18.5. The van der Waals surface area contributed by atoms with Crippen LogP contribution < -0.4 is 4.74 Å². The number of amides is 1. The van der Waals surface area contributed by atoms with Crippen LogP contribution in [0.15, 0.2) is 24.8 Å². The van der Waals surface area contributed by atoms with Crippen molar-refractivity contribution >= 4 is 5.91 Å². The number of hydrogen-bond acceptors (Lipinski definition) is 2. The number of carbonyl (C=O) groups is 1. The van der Waals surface area contributed by atoms with Crippen molar-refractivity contribution in [3.05, 3.63) is 41.7 Å². The molecule has 1 aliphatic heterocycles. The van der Waals surface area contributed by atoms with Gasteiger partial charge in [0.15, 0.2) is 0 Å². The molecule has 0 aromatic heterocycles. The maximum absolute atomic E-state index is 15.1. The van der Waals surface area contributed by atoms with Crippen LogP contribution in [0.25, 0.3) is 0 Å². The Bertz CT molecular complexity index is 869. The molecule has 166 valence electrons. The molecule has 6 aliphatic rings. The molecule has 1 saturated heterocycles. The number of hydrogen-bond donors (Lipinski definition) is 0. The van der Waals surface area contributed by atoms with Crippen molar-refractivity contribution in [2.45, 2.75) is 63.7 Å². The summed E-state index contributed by atoms with van der Waals surface area (Å²) in [6, 6.07) is 3.33. The van der Waals surface area contributed by atoms with Crippen molar-refractivity contribution in [1.82, 2.24) is 4.90 Å². The van der Waals surface area contributed by atoms with E-state index in [1.807, 2.05) is 12.1 Å². The monoisotopic (exact) mass is 423 g/mol. The first-order chi connectivity index (χ1) is 15.0. The maximum atomic E-state index is 15.1. The number of benzene rings is 1. The van der Waals surface area contributed by atoms with Crippen LogP contribution in [-0.2, 0) is 0 Å². The second kappa shape index (κ2) is 7.35. The summed E-state index contributed by atoms with van der Waals surface area (Å²) in [4.78, 5) is 14.8. The van der Waals surface area contributed by atoms with E-state index < -0.39 is 5.82 Å². The molecule has 3 nitrogen and oxygen atoms in total. The summed E-state index contributed by atoms with van der Waals surface area (Å²) >= 11 is 0. The standard InChI is InChI=1S/C27H34FNO2/c1-2-17-5-6-29(15-17)26(30)23-10-22(21-3-4-21)25(11-24(23)28)31-16-27-12-18-7-19(13-27)9-20(8-18)14-27/h2,10-11,17-21H,1,3-9,12-16H2/t17-,18-,19?,20?,27-/m0/s1. The molecule has 4 heteroatoms. The molecular formula is C27H34FNO2. The van der Waals surface area contributed by atoms with E-state index in [1.165, 1.54) is 44.6 Å². The molecule has 1 heterocycles. The van der Waals surface area contributed by atoms with Gasteiger partial charge in [-0.1, -0.05) is 6.08 Å². The lowest BCUT2D eigenvalue weighted by Gasteiger charge is -2.56. The molecule has 0 spiro atoms. The Balaban J connectivity index is 1.22. The fourth-order valence-corrected chi connectivity index (χ4v) is 7.61. The van der Waals surface area contributed by atoms with Gasteiger partial charge in [0.1, 0.15) is 11.6 Å². The number of ether oxygens (including phenoxy) is 1. The first-order valence-corrected chi connectivity index (χ1v) is 12.4. The fraction of sp³-hybridized carbons (Fsp3) is 0.667. The van der Waals surface area contributed by atoms with Crippen molar-refractivity contribution in [1.29, 1.82) is 0 Å². The van der Waals surface area contributed by atoms with Gasteiger partial charge in [-0.2, -0.15) is 0 Å². The van der Waals surface area contributed by atoms with Gasteiger partial charge in [-0.15, -0.1) is 6.58 Å². The number of rotatable bonds is 6. The van der Waals surface area contributed by atoms with Crippen molar-refractivity contribution in [3.63, 3.8) is 0 Å². The Morgan fingerprint density at radius 2 is 1.81 bits per heavy atom. The van der Waals surface area contributed by atoms with Gasteiger partial charge in [0.05, 0.1) is 12.2 Å². The third-order valence-corrected chi connectivity index (χ3v) is 8.89. The van der Waals surface area contributed by atoms with Gasteiger partial charge < -0.3 is 9.64 Å². The van der Waals surface area contributed by atoms with Crippen molar-refractivity contribution < 1.29 is 13.9 Å². The summed E-state index contributed by atoms with van der Waals surface area (Å²) in [6.45, 7) is 5.88. The summed E-state index contributed by atoms with van der Waals surface area (Å²) in [5.41, 5.74) is 1.57. The first kappa shape index (κ1) is 19.8. The highest BCUT2D eigenvalue weighted by Gasteiger charge is 2.51. The zero-order chi connectivity index (χ0) is 21.2. The topological polar surface area (TPSA) is 29.5 Å². The minimum Gasteiger partial charge on any atom is -0.493 e. The van der Waals surface area contributed by atoms with Gasteiger partial charge in [0.2, 0.25) is 0 Å². The van der Waals surface area contributed by atoms with Gasteiger partial charge in [0, 0.05) is 24.6 Å². The fourth-order valence-electron chi connectivity index (χ4n) is 7.61. The minimum absolute atomic E-state index is 0.184. The molecule has 0 N–H and O–H groups in total. The molecule has 0 radical (unpaired) electrons. The van der Waals surface area contributed by atoms with Crippen molar-refractivity contribution in [3.8, 4) is 5.75 Å². The maximum Gasteiger partial charge on any atom is 0.256 e. The van der Waals surface area contributed by atoms with Gasteiger partial charge in [-0.3, -0.25) is 4.79 Å². The zero-order valence-electron chi connectivity index (χ0n) is 18.5. The smallest absolute Gasteiger partial charge is 0.256 e. The molecule has 1 aromatic rings. The Labute approximate surface area is 185 Å². The van der Waals surface area contributed by atoms with Crippen LogP contribution in [-0.4, -0.2) is 30.5 Å². The van der Waals surface area contributed by atoms with E-state index >= 15 is 4.39 Å². The van der Waals surface area contributed by atoms with Crippen LogP contribution in [0.5, 0.6) is 5.75 Å². The molecule has 1 aromatic carbocycles. The third-order valence-electron chi connectivity index (χ3n) is 8.89. The predicted octanol–water partition coefficient (Wildman–Crippen LogP) is 5.95. The molecule has 1 atom stereocenters. The summed E-state index contributed by atoms with van der Waals surface area (Å²) < 4.78 is 21.6. The Morgan fingerprint density at radius 3 is 2.39 bits per heavy atom. The third kappa shape index (κ3) is 3.60. The molecule has 5 saturated carbocycles. The highest BCUT2D eigenvalue weighted by Crippen LogP contribution is 2.60. The summed E-state index contributed by atoms with van der Waals surface area (Å²) in [6.07, 6.45) is 13.1. The average Bonchev–Trinajstić information content (AvgIpc) is 3.47. The van der Waals surface area contributed by atoms with E-state index in [-0.39, 0.29) is 11.5 Å². The van der Waals surface area contributed by atoms with Crippen LogP contribution in [0.2, 0.25) is 0 Å². The van der Waals surface area contributed by atoms with E-state index in [0.29, 0.717) is 36.1 Å². The summed E-state index contributed by atoms with van der Waals surface area (Å²) in [5.74, 6) is 3.46. The number of nitrogens with zero attached hydrogens (tertiary/aromatic N) is 1. The van der Waals surface area contributed by atoms with Crippen LogP contribution in [0, 0.1) is 34.9 Å². The number of carbonyl (C=O) groups excluding carboxylic acids is 1. The molecule has 5 aliphatic carbocycles. The van der Waals surface area contributed by atoms with E-state index in [9.17, 15) is 4.79 Å². The predicted molar refractivity (Wildman–Crippen MR) is 119 cm³/mol. The summed E-state index contributed by atoms with van der Waals surface area (Å²) in [7, 11) is 0. The molecule has 7 rings (SSSR count). The van der Waals surface area contributed by atoms with Crippen LogP contribution in [0.3, 0.4) is 0 Å². The highest BCUT2D eigenvalue weighted by atomic mass is 19.1. The van der Waals surface area contributed by atoms with Gasteiger partial charge in [-0.25, -0.2) is 4.39 Å². The van der Waals surface area contributed by atoms with Crippen molar-refractivity contribution in [2.24, 2.45) is 29.1 Å². The van der Waals surface area contributed by atoms with Gasteiger partial charge in [-0.05, 0) is 99.0 Å². The second-order valence-corrected chi connectivity index (χ2v) is 11.4. The number of halogens is 1. The SMILES string of the molecule is C=C[C@H]1CCN(C(=O)c2cc(C3CC3)c(OC[C@]34CC5CC(C[C@H](C5)C3)C4)cc2F)C1. The molecule has 6 fully saturated rings. The molecule has 1 amide bonds. The van der Waals surface area contributed by atoms with Gasteiger partial charge >= 0.3 is 0 Å². The summed E-state index contributed by atoms with van der Waals surface area (Å²) in [5, 5.41) is 0. The van der Waals surface area contributed by atoms with E-state index in [2.05, 4.69) is 6.58 Å². The lowest BCUT2D eigenvalue weighted by Crippen LogP contribution is -2.48. The molecular weight excluding hydrogens is 389 g/mol. The van der Waals surface area contributed by atoms with E-state index in [4.69, 9.17) is 4.74 Å². The normalized spacial score (nSPS) is 36.1. The quantitative estimate of drug-likeness (QED) is 0.530. The van der Waals surface area contributed by atoms with E-state index in [0.717, 1.165) is 49.2 Å². The lowest BCUT2D eigenvalue weighted by molar-refractivity contribution is -0.0747. The van der Waals surface area contributed by atoms with Crippen LogP contribution >= 0.6 is 0 Å². The number of likely N-dealkylation sites (tertiary alicyclic amines) is 1. The van der Waals surface area contributed by atoms with Crippen LogP contribution in [0.1, 0.15) is 79.6 Å². The largest absolute Gasteiger partial charge is 0.493 e. The molecule has 4 bridgehead atoms. The Hall–Kier alpha value is -1.84. The van der Waals surface area contributed by atoms with Crippen molar-refractivity contribution in [2.75, 3.05) is 19.7 Å². The second-order valence-electron chi connectivity index (χ2n) is 11.4. The average molecular weight is 424 g/mol. The molecule has 0 unspecified atom stereocenters. The minimum atomic E-state index is -0.433.